The number of nitrogens with one attached hydrogen (secondary N) is 1. The van der Waals surface area contributed by atoms with E-state index in [9.17, 15) is 8.42 Å². The molecule has 1 fully saturated rings. The van der Waals surface area contributed by atoms with Crippen LogP contribution < -0.4 is 4.74 Å². The van der Waals surface area contributed by atoms with Gasteiger partial charge in [0, 0.05) is 18.0 Å². The quantitative estimate of drug-likeness (QED) is 0.840. The smallest absolute Gasteiger partial charge is 0.150 e. The third-order valence-electron chi connectivity index (χ3n) is 4.81. The molecule has 0 aliphatic heterocycles. The van der Waals surface area contributed by atoms with E-state index in [2.05, 4.69) is 10.2 Å². The lowest BCUT2D eigenvalue weighted by atomic mass is 10.0. The number of H-pyrrole nitrogens is 1. The SMILES string of the molecule is CS(=O)(=O)C1CCCC(COc2ccc(-c3cn[nH]c3)cc2)CC1. The number of ether oxygens (including phenoxy) is 1. The Balaban J connectivity index is 1.52. The average molecular weight is 348 g/mol. The molecule has 0 amide bonds. The van der Waals surface area contributed by atoms with Crippen LogP contribution >= 0.6 is 0 Å². The minimum absolute atomic E-state index is 0.170. The summed E-state index contributed by atoms with van der Waals surface area (Å²) in [7, 11) is -2.91. The van der Waals surface area contributed by atoms with Crippen molar-refractivity contribution in [3.05, 3.63) is 36.7 Å². The zero-order valence-electron chi connectivity index (χ0n) is 13.9. The van der Waals surface area contributed by atoms with Crippen molar-refractivity contribution in [1.82, 2.24) is 10.2 Å². The summed E-state index contributed by atoms with van der Waals surface area (Å²) in [4.78, 5) is 0. The van der Waals surface area contributed by atoms with Crippen LogP contribution in [-0.4, -0.2) is 36.7 Å². The first-order chi connectivity index (χ1) is 11.5. The van der Waals surface area contributed by atoms with Gasteiger partial charge in [0.25, 0.3) is 0 Å². The largest absolute Gasteiger partial charge is 0.493 e. The van der Waals surface area contributed by atoms with Crippen LogP contribution in [0.5, 0.6) is 5.75 Å². The van der Waals surface area contributed by atoms with Gasteiger partial charge in [0.1, 0.15) is 15.6 Å². The van der Waals surface area contributed by atoms with Crippen LogP contribution in [0.2, 0.25) is 0 Å². The highest BCUT2D eigenvalue weighted by Crippen LogP contribution is 2.28. The van der Waals surface area contributed by atoms with Crippen molar-refractivity contribution in [2.24, 2.45) is 5.92 Å². The first-order valence-corrected chi connectivity index (χ1v) is 10.4. The molecule has 1 aliphatic rings. The van der Waals surface area contributed by atoms with Gasteiger partial charge in [-0.1, -0.05) is 18.6 Å². The number of aromatic amines is 1. The minimum Gasteiger partial charge on any atom is -0.493 e. The van der Waals surface area contributed by atoms with Crippen LogP contribution in [0.15, 0.2) is 36.7 Å². The Labute approximate surface area is 143 Å². The normalized spacial score (nSPS) is 22.0. The maximum absolute atomic E-state index is 11.7. The van der Waals surface area contributed by atoms with Gasteiger partial charge in [-0.05, 0) is 49.3 Å². The van der Waals surface area contributed by atoms with E-state index in [0.29, 0.717) is 12.5 Å². The molecule has 3 rings (SSSR count). The summed E-state index contributed by atoms with van der Waals surface area (Å²) in [6, 6.07) is 7.98. The fourth-order valence-electron chi connectivity index (χ4n) is 3.31. The minimum atomic E-state index is -2.91. The summed E-state index contributed by atoms with van der Waals surface area (Å²) < 4.78 is 29.4. The Kier molecular flexibility index (Phi) is 5.23. The fourth-order valence-corrected chi connectivity index (χ4v) is 4.46. The number of nitrogens with zero attached hydrogens (tertiary/aromatic N) is 1. The zero-order valence-corrected chi connectivity index (χ0v) is 14.8. The van der Waals surface area contributed by atoms with E-state index in [1.807, 2.05) is 30.5 Å². The van der Waals surface area contributed by atoms with Crippen molar-refractivity contribution in [3.63, 3.8) is 0 Å². The predicted molar refractivity (Wildman–Crippen MR) is 94.7 cm³/mol. The Morgan fingerprint density at radius 3 is 2.58 bits per heavy atom. The van der Waals surface area contributed by atoms with Gasteiger partial charge in [-0.3, -0.25) is 5.10 Å². The number of hydrogen-bond donors (Lipinski definition) is 1. The summed E-state index contributed by atoms with van der Waals surface area (Å²) in [6.45, 7) is 0.654. The average Bonchev–Trinajstić information content (AvgIpc) is 2.97. The second-order valence-electron chi connectivity index (χ2n) is 6.65. The van der Waals surface area contributed by atoms with Crippen molar-refractivity contribution in [3.8, 4) is 16.9 Å². The van der Waals surface area contributed by atoms with Gasteiger partial charge in [-0.25, -0.2) is 8.42 Å². The monoisotopic (exact) mass is 348 g/mol. The lowest BCUT2D eigenvalue weighted by molar-refractivity contribution is 0.234. The second-order valence-corrected chi connectivity index (χ2v) is 8.97. The molecule has 1 saturated carbocycles. The lowest BCUT2D eigenvalue weighted by Crippen LogP contribution is -2.19. The molecular formula is C18H24N2O3S. The van der Waals surface area contributed by atoms with Gasteiger partial charge in [0.2, 0.25) is 0 Å². The summed E-state index contributed by atoms with van der Waals surface area (Å²) in [5.41, 5.74) is 2.15. The molecule has 0 bridgehead atoms. The molecule has 0 saturated heterocycles. The third kappa shape index (κ3) is 4.38. The van der Waals surface area contributed by atoms with Crippen LogP contribution in [0.3, 0.4) is 0 Å². The summed E-state index contributed by atoms with van der Waals surface area (Å²) in [5.74, 6) is 1.29. The van der Waals surface area contributed by atoms with Crippen molar-refractivity contribution < 1.29 is 13.2 Å². The Bertz CT molecular complexity index is 739. The first-order valence-electron chi connectivity index (χ1n) is 8.43. The van der Waals surface area contributed by atoms with Crippen molar-refractivity contribution >= 4 is 9.84 Å². The molecule has 1 aromatic heterocycles. The van der Waals surface area contributed by atoms with Gasteiger partial charge in [0.05, 0.1) is 18.1 Å². The maximum atomic E-state index is 11.7. The molecule has 2 atom stereocenters. The van der Waals surface area contributed by atoms with Crippen molar-refractivity contribution in [2.75, 3.05) is 12.9 Å². The highest BCUT2D eigenvalue weighted by molar-refractivity contribution is 7.91. The van der Waals surface area contributed by atoms with E-state index in [-0.39, 0.29) is 5.25 Å². The van der Waals surface area contributed by atoms with Crippen LogP contribution in [0, 0.1) is 5.92 Å². The maximum Gasteiger partial charge on any atom is 0.150 e. The Morgan fingerprint density at radius 1 is 1.12 bits per heavy atom. The Morgan fingerprint density at radius 2 is 1.92 bits per heavy atom. The lowest BCUT2D eigenvalue weighted by Gasteiger charge is -2.16. The van der Waals surface area contributed by atoms with E-state index >= 15 is 0 Å². The predicted octanol–water partition coefficient (Wildman–Crippen LogP) is 3.45. The summed E-state index contributed by atoms with van der Waals surface area (Å²) >= 11 is 0. The highest BCUT2D eigenvalue weighted by atomic mass is 32.2. The standard InChI is InChI=1S/C18H24N2O3S/c1-24(21,22)18-4-2-3-14(5-10-18)13-23-17-8-6-15(7-9-17)16-11-19-20-12-16/h6-9,11-12,14,18H,2-5,10,13H2,1H3,(H,19,20). The van der Waals surface area contributed by atoms with Crippen LogP contribution in [0.1, 0.15) is 32.1 Å². The molecule has 6 heteroatoms. The first kappa shape index (κ1) is 17.0. The molecular weight excluding hydrogens is 324 g/mol. The topological polar surface area (TPSA) is 72.1 Å². The second kappa shape index (κ2) is 7.38. The molecule has 0 spiro atoms. The third-order valence-corrected chi connectivity index (χ3v) is 6.49. The molecule has 5 nitrogen and oxygen atoms in total. The zero-order chi connectivity index (χ0) is 17.0. The summed E-state index contributed by atoms with van der Waals surface area (Å²) in [6.07, 6.45) is 9.48. The van der Waals surface area contributed by atoms with Gasteiger partial charge in [0.15, 0.2) is 0 Å². The van der Waals surface area contributed by atoms with Crippen molar-refractivity contribution in [2.45, 2.75) is 37.4 Å². The van der Waals surface area contributed by atoms with E-state index < -0.39 is 9.84 Å². The van der Waals surface area contributed by atoms with E-state index in [0.717, 1.165) is 49.0 Å². The Hall–Kier alpha value is -1.82. The molecule has 1 N–H and O–H groups in total. The van der Waals surface area contributed by atoms with Crippen LogP contribution in [-0.2, 0) is 9.84 Å². The number of benzene rings is 1. The van der Waals surface area contributed by atoms with Gasteiger partial charge in [-0.2, -0.15) is 5.10 Å². The molecule has 130 valence electrons. The highest BCUT2D eigenvalue weighted by Gasteiger charge is 2.25. The van der Waals surface area contributed by atoms with Crippen LogP contribution in [0.25, 0.3) is 11.1 Å². The van der Waals surface area contributed by atoms with Crippen LogP contribution in [0.4, 0.5) is 0 Å². The van der Waals surface area contributed by atoms with E-state index in [4.69, 9.17) is 4.74 Å². The molecule has 1 heterocycles. The van der Waals surface area contributed by atoms with Gasteiger partial charge in [-0.15, -0.1) is 0 Å². The molecule has 2 unspecified atom stereocenters. The molecule has 2 aromatic rings. The summed E-state index contributed by atoms with van der Waals surface area (Å²) in [5, 5.41) is 6.59. The number of hydrogen-bond acceptors (Lipinski definition) is 4. The number of sulfone groups is 1. The number of aromatic nitrogens is 2. The molecule has 0 radical (unpaired) electrons. The fraction of sp³-hybridized carbons (Fsp3) is 0.500. The van der Waals surface area contributed by atoms with E-state index in [1.54, 1.807) is 6.20 Å². The number of rotatable bonds is 5. The van der Waals surface area contributed by atoms with Gasteiger partial charge < -0.3 is 4.74 Å². The molecule has 1 aromatic carbocycles. The van der Waals surface area contributed by atoms with E-state index in [1.165, 1.54) is 6.26 Å². The molecule has 24 heavy (non-hydrogen) atoms. The van der Waals surface area contributed by atoms with Gasteiger partial charge >= 0.3 is 0 Å². The van der Waals surface area contributed by atoms with Crippen molar-refractivity contribution in [1.29, 1.82) is 0 Å². The molecule has 1 aliphatic carbocycles.